The van der Waals surface area contributed by atoms with E-state index < -0.39 is 5.54 Å². The van der Waals surface area contributed by atoms with Crippen LogP contribution in [0.2, 0.25) is 0 Å². The average molecular weight is 318 g/mol. The molecule has 2 rings (SSSR count). The molecular weight excluding hydrogens is 294 g/mol. The van der Waals surface area contributed by atoms with E-state index in [2.05, 4.69) is 10.5 Å². The highest BCUT2D eigenvalue weighted by Gasteiger charge is 2.62. The maximum atomic E-state index is 12.3. The molecule has 2 unspecified atom stereocenters. The number of halogens is 1. The number of hydrogen-bond donors (Lipinski definition) is 2. The molecule has 0 aromatic carbocycles. The smallest absolute Gasteiger partial charge is 0.241 e. The van der Waals surface area contributed by atoms with E-state index in [1.165, 1.54) is 0 Å². The van der Waals surface area contributed by atoms with Crippen molar-refractivity contribution in [3.8, 4) is 0 Å². The van der Waals surface area contributed by atoms with Crippen molar-refractivity contribution in [1.29, 1.82) is 0 Å². The third-order valence-corrected chi connectivity index (χ3v) is 4.34. The Bertz CT molecular complexity index is 503. The second-order valence-electron chi connectivity index (χ2n) is 5.96. The van der Waals surface area contributed by atoms with Crippen LogP contribution in [0.4, 0.5) is 0 Å². The van der Waals surface area contributed by atoms with Crippen LogP contribution in [0.25, 0.3) is 0 Å². The lowest BCUT2D eigenvalue weighted by Gasteiger charge is -2.57. The summed E-state index contributed by atoms with van der Waals surface area (Å²) in [5, 5.41) is 6.60. The van der Waals surface area contributed by atoms with Gasteiger partial charge in [0.05, 0.1) is 18.3 Å². The Morgan fingerprint density at radius 1 is 1.62 bits per heavy atom. The number of hydrogen-bond acceptors (Lipinski definition) is 5. The average Bonchev–Trinajstić information content (AvgIpc) is 2.81. The van der Waals surface area contributed by atoms with Gasteiger partial charge < -0.3 is 20.3 Å². The number of carbonyl (C=O) groups excluding carboxylic acids is 1. The number of nitrogens with one attached hydrogen (secondary N) is 1. The van der Waals surface area contributed by atoms with Crippen LogP contribution in [-0.2, 0) is 16.1 Å². The van der Waals surface area contributed by atoms with Crippen molar-refractivity contribution < 1.29 is 14.1 Å². The van der Waals surface area contributed by atoms with Crippen LogP contribution >= 0.6 is 12.4 Å². The van der Waals surface area contributed by atoms with E-state index in [0.29, 0.717) is 25.3 Å². The summed E-state index contributed by atoms with van der Waals surface area (Å²) < 4.78 is 10.7. The number of ether oxygens (including phenoxy) is 1. The lowest BCUT2D eigenvalue weighted by molar-refractivity contribution is -0.170. The SMILES string of the molecule is CCOC1CC(N)(C(=O)NCc2cc(C)no2)C1(C)C.Cl. The first-order valence-corrected chi connectivity index (χ1v) is 6.92. The van der Waals surface area contributed by atoms with E-state index in [9.17, 15) is 4.79 Å². The van der Waals surface area contributed by atoms with Gasteiger partial charge >= 0.3 is 0 Å². The molecule has 2 atom stereocenters. The third kappa shape index (κ3) is 3.07. The van der Waals surface area contributed by atoms with Crippen LogP contribution in [0.1, 0.15) is 38.6 Å². The van der Waals surface area contributed by atoms with Crippen molar-refractivity contribution in [1.82, 2.24) is 10.5 Å². The lowest BCUT2D eigenvalue weighted by atomic mass is 9.54. The summed E-state index contributed by atoms with van der Waals surface area (Å²) in [5.74, 6) is 0.449. The molecule has 1 saturated carbocycles. The van der Waals surface area contributed by atoms with E-state index in [-0.39, 0.29) is 29.8 Å². The molecule has 21 heavy (non-hydrogen) atoms. The normalized spacial score (nSPS) is 26.6. The van der Waals surface area contributed by atoms with Crippen molar-refractivity contribution in [3.05, 3.63) is 17.5 Å². The Labute approximate surface area is 131 Å². The topological polar surface area (TPSA) is 90.4 Å². The molecule has 1 aromatic heterocycles. The number of nitrogens with two attached hydrogens (primary N) is 1. The van der Waals surface area contributed by atoms with Crippen molar-refractivity contribution in [2.24, 2.45) is 11.1 Å². The lowest BCUT2D eigenvalue weighted by Crippen LogP contribution is -2.75. The van der Waals surface area contributed by atoms with Gasteiger partial charge in [-0.05, 0) is 13.8 Å². The molecule has 1 heterocycles. The zero-order chi connectivity index (χ0) is 15.0. The molecule has 3 N–H and O–H groups in total. The molecule has 0 radical (unpaired) electrons. The second-order valence-corrected chi connectivity index (χ2v) is 5.96. The molecule has 1 aliphatic carbocycles. The second kappa shape index (κ2) is 6.34. The predicted octanol–water partition coefficient (Wildman–Crippen LogP) is 1.55. The molecule has 6 nitrogen and oxygen atoms in total. The number of aromatic nitrogens is 1. The highest BCUT2D eigenvalue weighted by atomic mass is 35.5. The Balaban J connectivity index is 0.00000220. The van der Waals surface area contributed by atoms with Crippen LogP contribution in [0.15, 0.2) is 10.6 Å². The van der Waals surface area contributed by atoms with Crippen molar-refractivity contribution >= 4 is 18.3 Å². The fourth-order valence-electron chi connectivity index (χ4n) is 2.65. The summed E-state index contributed by atoms with van der Waals surface area (Å²) in [6.07, 6.45) is 0.561. The molecule has 1 aromatic rings. The molecular formula is C14H24ClN3O3. The minimum Gasteiger partial charge on any atom is -0.378 e. The molecule has 0 spiro atoms. The van der Waals surface area contributed by atoms with E-state index in [1.54, 1.807) is 6.07 Å². The number of rotatable bonds is 5. The summed E-state index contributed by atoms with van der Waals surface area (Å²) in [7, 11) is 0. The maximum Gasteiger partial charge on any atom is 0.241 e. The quantitative estimate of drug-likeness (QED) is 0.860. The van der Waals surface area contributed by atoms with Crippen molar-refractivity contribution in [2.45, 2.75) is 52.3 Å². The molecule has 1 fully saturated rings. The predicted molar refractivity (Wildman–Crippen MR) is 81.1 cm³/mol. The van der Waals surface area contributed by atoms with Crippen LogP contribution in [0.3, 0.4) is 0 Å². The first-order chi connectivity index (χ1) is 9.31. The van der Waals surface area contributed by atoms with E-state index in [1.807, 2.05) is 27.7 Å². The molecule has 1 amide bonds. The zero-order valence-corrected chi connectivity index (χ0v) is 13.8. The van der Waals surface area contributed by atoms with Gasteiger partial charge in [-0.1, -0.05) is 19.0 Å². The molecule has 0 saturated heterocycles. The van der Waals surface area contributed by atoms with Gasteiger partial charge in [-0.2, -0.15) is 0 Å². The molecule has 0 bridgehead atoms. The molecule has 7 heteroatoms. The molecule has 1 aliphatic rings. The summed E-state index contributed by atoms with van der Waals surface area (Å²) in [4.78, 5) is 12.3. The standard InChI is InChI=1S/C14H23N3O3.ClH/c1-5-19-11-7-14(15,13(11,3)4)12(18)16-8-10-6-9(2)17-20-10;/h6,11H,5,7-8,15H2,1-4H3,(H,16,18);1H. The van der Waals surface area contributed by atoms with E-state index in [4.69, 9.17) is 15.0 Å². The first-order valence-electron chi connectivity index (χ1n) is 6.92. The third-order valence-electron chi connectivity index (χ3n) is 4.34. The van der Waals surface area contributed by atoms with Gasteiger partial charge in [-0.15, -0.1) is 12.4 Å². The molecule has 120 valence electrons. The summed E-state index contributed by atoms with van der Waals surface area (Å²) in [6.45, 7) is 8.64. The van der Waals surface area contributed by atoms with E-state index in [0.717, 1.165) is 5.69 Å². The van der Waals surface area contributed by atoms with Crippen molar-refractivity contribution in [2.75, 3.05) is 6.61 Å². The molecule has 0 aliphatic heterocycles. The summed E-state index contributed by atoms with van der Waals surface area (Å²) >= 11 is 0. The fourth-order valence-corrected chi connectivity index (χ4v) is 2.65. The highest BCUT2D eigenvalue weighted by molar-refractivity contribution is 5.88. The highest BCUT2D eigenvalue weighted by Crippen LogP contribution is 2.49. The van der Waals surface area contributed by atoms with Gasteiger partial charge in [0.1, 0.15) is 5.54 Å². The number of nitrogens with zero attached hydrogens (tertiary/aromatic N) is 1. The first kappa shape index (κ1) is 17.9. The monoisotopic (exact) mass is 317 g/mol. The number of amides is 1. The fraction of sp³-hybridized carbons (Fsp3) is 0.714. The number of carbonyl (C=O) groups is 1. The van der Waals surface area contributed by atoms with Crippen LogP contribution in [0, 0.1) is 12.3 Å². The largest absolute Gasteiger partial charge is 0.378 e. The van der Waals surface area contributed by atoms with Crippen LogP contribution in [-0.4, -0.2) is 29.3 Å². The Morgan fingerprint density at radius 2 is 2.29 bits per heavy atom. The Hall–Kier alpha value is -1.11. The summed E-state index contributed by atoms with van der Waals surface area (Å²) in [5.41, 5.74) is 5.78. The van der Waals surface area contributed by atoms with Gasteiger partial charge in [0, 0.05) is 24.5 Å². The van der Waals surface area contributed by atoms with Gasteiger partial charge in [-0.3, -0.25) is 4.79 Å². The van der Waals surface area contributed by atoms with Gasteiger partial charge in [0.2, 0.25) is 5.91 Å². The van der Waals surface area contributed by atoms with Gasteiger partial charge in [-0.25, -0.2) is 0 Å². The minimum atomic E-state index is -0.901. The van der Waals surface area contributed by atoms with Gasteiger partial charge in [0.15, 0.2) is 5.76 Å². The number of aryl methyl sites for hydroxylation is 1. The van der Waals surface area contributed by atoms with Crippen LogP contribution < -0.4 is 11.1 Å². The van der Waals surface area contributed by atoms with Gasteiger partial charge in [0.25, 0.3) is 0 Å². The van der Waals surface area contributed by atoms with E-state index >= 15 is 0 Å². The van der Waals surface area contributed by atoms with Crippen molar-refractivity contribution in [3.63, 3.8) is 0 Å². The summed E-state index contributed by atoms with van der Waals surface area (Å²) in [6, 6.07) is 1.79. The Kier molecular flexibility index (Phi) is 5.41. The zero-order valence-electron chi connectivity index (χ0n) is 12.9. The van der Waals surface area contributed by atoms with Crippen LogP contribution in [0.5, 0.6) is 0 Å². The maximum absolute atomic E-state index is 12.3. The minimum absolute atomic E-state index is 0. The Morgan fingerprint density at radius 3 is 2.76 bits per heavy atom.